The van der Waals surface area contributed by atoms with Gasteiger partial charge in [-0.05, 0) is 35.9 Å². The number of para-hydroxylation sites is 1. The second kappa shape index (κ2) is 8.50. The average molecular weight is 359 g/mol. The molecule has 1 amide bonds. The van der Waals surface area contributed by atoms with E-state index in [0.29, 0.717) is 22.9 Å². The largest absolute Gasteiger partial charge is 0.497 e. The molecule has 0 saturated heterocycles. The minimum absolute atomic E-state index is 0.192. The molecule has 0 aliphatic heterocycles. The number of hydrogen-bond acceptors (Lipinski definition) is 5. The van der Waals surface area contributed by atoms with Gasteiger partial charge < -0.3 is 14.8 Å². The molecule has 0 radical (unpaired) electrons. The molecule has 3 rings (SSSR count). The summed E-state index contributed by atoms with van der Waals surface area (Å²) in [5.74, 6) is 1.85. The van der Waals surface area contributed by atoms with Crippen LogP contribution in [0.25, 0.3) is 0 Å². The molecule has 0 atom stereocenters. The Hall–Kier alpha value is -3.85. The fourth-order valence-corrected chi connectivity index (χ4v) is 2.43. The van der Waals surface area contributed by atoms with Crippen LogP contribution >= 0.6 is 0 Å². The van der Waals surface area contributed by atoms with E-state index >= 15 is 0 Å². The Kier molecular flexibility index (Phi) is 5.65. The number of carbonyl (C=O) groups is 1. The summed E-state index contributed by atoms with van der Waals surface area (Å²) in [5.41, 5.74) is 1.29. The van der Waals surface area contributed by atoms with Crippen molar-refractivity contribution in [3.05, 3.63) is 78.0 Å². The number of amides is 1. The highest BCUT2D eigenvalue weighted by atomic mass is 16.5. The number of rotatable bonds is 6. The summed E-state index contributed by atoms with van der Waals surface area (Å²) in [6.07, 6.45) is 1.75. The van der Waals surface area contributed by atoms with Crippen molar-refractivity contribution in [1.82, 2.24) is 4.98 Å². The van der Waals surface area contributed by atoms with Crippen LogP contribution in [0.3, 0.4) is 0 Å². The summed E-state index contributed by atoms with van der Waals surface area (Å²) in [4.78, 5) is 16.4. The van der Waals surface area contributed by atoms with Crippen molar-refractivity contribution in [3.8, 4) is 23.3 Å². The van der Waals surface area contributed by atoms with Gasteiger partial charge in [-0.25, -0.2) is 4.98 Å². The molecule has 27 heavy (non-hydrogen) atoms. The predicted octanol–water partition coefficient (Wildman–Crippen LogP) is 3.94. The quantitative estimate of drug-likeness (QED) is 0.721. The highest BCUT2D eigenvalue weighted by Gasteiger charge is 2.08. The van der Waals surface area contributed by atoms with Crippen molar-refractivity contribution in [2.45, 2.75) is 6.42 Å². The summed E-state index contributed by atoms with van der Waals surface area (Å²) in [7, 11) is 1.59. The van der Waals surface area contributed by atoms with E-state index in [0.717, 1.165) is 11.3 Å². The standard InChI is InChI=1S/C21H17N3O3/c1-26-17-8-6-15(7-9-17)12-21(25)24-20-13-18(10-11-23-20)27-19-5-3-2-4-16(19)14-22/h2-11,13H,12H2,1H3,(H,23,24,25). The predicted molar refractivity (Wildman–Crippen MR) is 101 cm³/mol. The first-order valence-corrected chi connectivity index (χ1v) is 8.24. The molecule has 0 aliphatic carbocycles. The van der Waals surface area contributed by atoms with Gasteiger partial charge >= 0.3 is 0 Å². The number of carbonyl (C=O) groups excluding carboxylic acids is 1. The Morgan fingerprint density at radius 3 is 2.63 bits per heavy atom. The first-order valence-electron chi connectivity index (χ1n) is 8.24. The van der Waals surface area contributed by atoms with Crippen LogP contribution < -0.4 is 14.8 Å². The van der Waals surface area contributed by atoms with E-state index in [4.69, 9.17) is 14.7 Å². The topological polar surface area (TPSA) is 84.2 Å². The third-order valence-corrected chi connectivity index (χ3v) is 3.76. The van der Waals surface area contributed by atoms with Crippen molar-refractivity contribution >= 4 is 11.7 Å². The summed E-state index contributed by atoms with van der Waals surface area (Å²) < 4.78 is 10.8. The summed E-state index contributed by atoms with van der Waals surface area (Å²) >= 11 is 0. The monoisotopic (exact) mass is 359 g/mol. The van der Waals surface area contributed by atoms with E-state index in [2.05, 4.69) is 16.4 Å². The number of pyridine rings is 1. The number of nitrogens with zero attached hydrogens (tertiary/aromatic N) is 2. The van der Waals surface area contributed by atoms with Gasteiger partial charge in [0.15, 0.2) is 0 Å². The molecule has 2 aromatic carbocycles. The molecular weight excluding hydrogens is 342 g/mol. The number of nitriles is 1. The van der Waals surface area contributed by atoms with Crippen LogP contribution in [-0.4, -0.2) is 18.0 Å². The molecule has 0 aliphatic rings. The maximum Gasteiger partial charge on any atom is 0.229 e. The van der Waals surface area contributed by atoms with Gasteiger partial charge in [0.2, 0.25) is 5.91 Å². The molecule has 6 heteroatoms. The molecular formula is C21H17N3O3. The first kappa shape index (κ1) is 18.0. The van der Waals surface area contributed by atoms with Gasteiger partial charge in [-0.2, -0.15) is 5.26 Å². The molecule has 3 aromatic rings. The van der Waals surface area contributed by atoms with E-state index in [1.807, 2.05) is 24.3 Å². The fraction of sp³-hybridized carbons (Fsp3) is 0.0952. The molecule has 1 heterocycles. The second-order valence-electron chi connectivity index (χ2n) is 5.66. The minimum Gasteiger partial charge on any atom is -0.497 e. The van der Waals surface area contributed by atoms with Gasteiger partial charge in [-0.1, -0.05) is 24.3 Å². The number of methoxy groups -OCH3 is 1. The number of nitrogens with one attached hydrogen (secondary N) is 1. The van der Waals surface area contributed by atoms with Crippen LogP contribution in [-0.2, 0) is 11.2 Å². The van der Waals surface area contributed by atoms with Gasteiger partial charge in [0.05, 0.1) is 19.1 Å². The summed E-state index contributed by atoms with van der Waals surface area (Å²) in [5, 5.41) is 11.9. The van der Waals surface area contributed by atoms with Crippen molar-refractivity contribution in [3.63, 3.8) is 0 Å². The Balaban J connectivity index is 1.66. The third kappa shape index (κ3) is 4.83. The fourth-order valence-electron chi connectivity index (χ4n) is 2.43. The lowest BCUT2D eigenvalue weighted by Crippen LogP contribution is -2.15. The Labute approximate surface area is 157 Å². The summed E-state index contributed by atoms with van der Waals surface area (Å²) in [6.45, 7) is 0. The number of ether oxygens (including phenoxy) is 2. The maximum absolute atomic E-state index is 12.2. The lowest BCUT2D eigenvalue weighted by atomic mass is 10.1. The SMILES string of the molecule is COc1ccc(CC(=O)Nc2cc(Oc3ccccc3C#N)ccn2)cc1. The zero-order valence-corrected chi connectivity index (χ0v) is 14.7. The van der Waals surface area contributed by atoms with Crippen LogP contribution in [0.4, 0.5) is 5.82 Å². The van der Waals surface area contributed by atoms with Crippen LogP contribution in [0.1, 0.15) is 11.1 Å². The highest BCUT2D eigenvalue weighted by Crippen LogP contribution is 2.25. The molecule has 1 N–H and O–H groups in total. The Morgan fingerprint density at radius 1 is 1.11 bits per heavy atom. The molecule has 0 spiro atoms. The van der Waals surface area contributed by atoms with Gasteiger partial charge in [0.25, 0.3) is 0 Å². The number of hydrogen-bond donors (Lipinski definition) is 1. The maximum atomic E-state index is 12.2. The average Bonchev–Trinajstić information content (AvgIpc) is 2.69. The van der Waals surface area contributed by atoms with Crippen LogP contribution in [0.2, 0.25) is 0 Å². The smallest absolute Gasteiger partial charge is 0.229 e. The Bertz CT molecular complexity index is 978. The lowest BCUT2D eigenvalue weighted by molar-refractivity contribution is -0.115. The van der Waals surface area contributed by atoms with E-state index in [9.17, 15) is 4.79 Å². The van der Waals surface area contributed by atoms with Gasteiger partial charge in [0.1, 0.15) is 29.1 Å². The normalized spacial score (nSPS) is 9.93. The summed E-state index contributed by atoms with van der Waals surface area (Å²) in [6, 6.07) is 19.6. The van der Waals surface area contributed by atoms with E-state index in [1.54, 1.807) is 43.5 Å². The minimum atomic E-state index is -0.192. The molecule has 134 valence electrons. The van der Waals surface area contributed by atoms with E-state index in [1.165, 1.54) is 6.20 Å². The van der Waals surface area contributed by atoms with E-state index in [-0.39, 0.29) is 12.3 Å². The zero-order chi connectivity index (χ0) is 19.1. The first-order chi connectivity index (χ1) is 13.2. The number of benzene rings is 2. The molecule has 0 saturated carbocycles. The second-order valence-corrected chi connectivity index (χ2v) is 5.66. The van der Waals surface area contributed by atoms with Crippen LogP contribution in [0.15, 0.2) is 66.9 Å². The highest BCUT2D eigenvalue weighted by molar-refractivity contribution is 5.91. The number of aromatic nitrogens is 1. The van der Waals surface area contributed by atoms with Crippen LogP contribution in [0, 0.1) is 11.3 Å². The molecule has 1 aromatic heterocycles. The lowest BCUT2D eigenvalue weighted by Gasteiger charge is -2.09. The van der Waals surface area contributed by atoms with Crippen molar-refractivity contribution in [1.29, 1.82) is 5.26 Å². The van der Waals surface area contributed by atoms with E-state index < -0.39 is 0 Å². The molecule has 0 fully saturated rings. The molecule has 0 bridgehead atoms. The van der Waals surface area contributed by atoms with Crippen molar-refractivity contribution in [2.75, 3.05) is 12.4 Å². The molecule has 6 nitrogen and oxygen atoms in total. The van der Waals surface area contributed by atoms with Crippen LogP contribution in [0.5, 0.6) is 17.2 Å². The van der Waals surface area contributed by atoms with Gasteiger partial charge in [0, 0.05) is 12.3 Å². The third-order valence-electron chi connectivity index (χ3n) is 3.76. The van der Waals surface area contributed by atoms with Crippen molar-refractivity contribution in [2.24, 2.45) is 0 Å². The number of anilines is 1. The molecule has 0 unspecified atom stereocenters. The van der Waals surface area contributed by atoms with Crippen molar-refractivity contribution < 1.29 is 14.3 Å². The Morgan fingerprint density at radius 2 is 1.89 bits per heavy atom. The zero-order valence-electron chi connectivity index (χ0n) is 14.7. The van der Waals surface area contributed by atoms with Gasteiger partial charge in [-0.15, -0.1) is 0 Å². The van der Waals surface area contributed by atoms with Gasteiger partial charge in [-0.3, -0.25) is 4.79 Å².